The molecular formula is C26H28Cl2N6O3. The first-order chi connectivity index (χ1) is 17.2. The van der Waals surface area contributed by atoms with Crippen LogP contribution in [-0.4, -0.2) is 36.8 Å². The van der Waals surface area contributed by atoms with Gasteiger partial charge in [-0.2, -0.15) is 14.9 Å². The highest BCUT2D eigenvalue weighted by atomic mass is 35.5. The van der Waals surface area contributed by atoms with Gasteiger partial charge in [0.15, 0.2) is 0 Å². The number of carbonyl (C=O) groups is 2. The minimum absolute atomic E-state index is 0.235. The van der Waals surface area contributed by atoms with Crippen LogP contribution in [-0.2, 0) is 10.8 Å². The number of hydrogen-bond acceptors (Lipinski definition) is 4. The smallest absolute Gasteiger partial charge is 0.432 e. The number of fused-ring (bicyclic) bond motifs is 1. The van der Waals surface area contributed by atoms with Gasteiger partial charge in [0, 0.05) is 22.3 Å². The van der Waals surface area contributed by atoms with Crippen molar-refractivity contribution in [1.82, 2.24) is 19.6 Å². The van der Waals surface area contributed by atoms with Gasteiger partial charge in [0.1, 0.15) is 5.82 Å². The average molecular weight is 543 g/mol. The third-order valence-corrected chi connectivity index (χ3v) is 6.54. The van der Waals surface area contributed by atoms with Crippen LogP contribution in [0.2, 0.25) is 10.0 Å². The Morgan fingerprint density at radius 2 is 1.62 bits per heavy atom. The Labute approximate surface area is 224 Å². The standard InChI is InChI=1S/C26H28Cl2N6O3/c1-25(2,3)19-13-20(30-23(35)29-17-9-7-8-16(27)21(17)28)33(31-19)14-10-11-18-15(12-14)22(26(4,5)6)32-34(18)24(36)37/h7-13H,1-6H3,(H,36,37)(H2,29,30,35). The lowest BCUT2D eigenvalue weighted by molar-refractivity contribution is 0.193. The fourth-order valence-corrected chi connectivity index (χ4v) is 4.19. The molecule has 2 aromatic heterocycles. The van der Waals surface area contributed by atoms with Gasteiger partial charge in [0.2, 0.25) is 0 Å². The fourth-order valence-electron chi connectivity index (χ4n) is 3.84. The first-order valence-corrected chi connectivity index (χ1v) is 12.3. The molecule has 4 rings (SSSR count). The Kier molecular flexibility index (Phi) is 6.73. The highest BCUT2D eigenvalue weighted by Crippen LogP contribution is 2.33. The van der Waals surface area contributed by atoms with Crippen molar-refractivity contribution in [2.45, 2.75) is 52.4 Å². The van der Waals surface area contributed by atoms with Crippen LogP contribution in [0, 0.1) is 0 Å². The van der Waals surface area contributed by atoms with E-state index in [1.165, 1.54) is 0 Å². The van der Waals surface area contributed by atoms with Crippen molar-refractivity contribution in [3.8, 4) is 5.69 Å². The van der Waals surface area contributed by atoms with Crippen LogP contribution in [0.5, 0.6) is 0 Å². The lowest BCUT2D eigenvalue weighted by Gasteiger charge is -2.16. The van der Waals surface area contributed by atoms with Crippen LogP contribution < -0.4 is 10.6 Å². The number of urea groups is 1. The second-order valence-corrected chi connectivity index (χ2v) is 11.5. The quantitative estimate of drug-likeness (QED) is 0.251. The lowest BCUT2D eigenvalue weighted by atomic mass is 9.90. The molecule has 11 heteroatoms. The van der Waals surface area contributed by atoms with Gasteiger partial charge in [-0.1, -0.05) is 70.8 Å². The summed E-state index contributed by atoms with van der Waals surface area (Å²) in [5.41, 5.74) is 2.14. The van der Waals surface area contributed by atoms with Gasteiger partial charge in [0.05, 0.1) is 38.3 Å². The summed E-state index contributed by atoms with van der Waals surface area (Å²) in [6, 6.07) is 11.5. The van der Waals surface area contributed by atoms with Crippen LogP contribution in [0.25, 0.3) is 16.6 Å². The molecule has 0 spiro atoms. The highest BCUT2D eigenvalue weighted by Gasteiger charge is 2.26. The topological polar surface area (TPSA) is 114 Å². The van der Waals surface area contributed by atoms with Crippen molar-refractivity contribution in [2.75, 3.05) is 10.6 Å². The van der Waals surface area contributed by atoms with E-state index in [2.05, 4.69) is 15.7 Å². The van der Waals surface area contributed by atoms with Gasteiger partial charge in [-0.05, 0) is 30.3 Å². The Morgan fingerprint density at radius 1 is 0.919 bits per heavy atom. The molecule has 2 amide bonds. The van der Waals surface area contributed by atoms with E-state index in [9.17, 15) is 14.7 Å². The number of amides is 2. The minimum Gasteiger partial charge on any atom is -0.463 e. The number of carbonyl (C=O) groups excluding carboxylic acids is 1. The number of benzene rings is 2. The summed E-state index contributed by atoms with van der Waals surface area (Å²) in [7, 11) is 0. The van der Waals surface area contributed by atoms with Crippen LogP contribution in [0.1, 0.15) is 52.9 Å². The number of aromatic nitrogens is 4. The average Bonchev–Trinajstić information content (AvgIpc) is 3.38. The molecule has 0 unspecified atom stereocenters. The molecule has 0 radical (unpaired) electrons. The minimum atomic E-state index is -1.17. The van der Waals surface area contributed by atoms with Crippen molar-refractivity contribution >= 4 is 57.7 Å². The maximum atomic E-state index is 12.9. The Hall–Kier alpha value is -3.56. The molecule has 194 valence electrons. The van der Waals surface area contributed by atoms with Crippen LogP contribution in [0.3, 0.4) is 0 Å². The largest absolute Gasteiger partial charge is 0.463 e. The van der Waals surface area contributed by atoms with E-state index in [1.807, 2.05) is 47.6 Å². The van der Waals surface area contributed by atoms with Gasteiger partial charge in [-0.25, -0.2) is 14.3 Å². The predicted molar refractivity (Wildman–Crippen MR) is 147 cm³/mol. The molecule has 0 aliphatic heterocycles. The van der Waals surface area contributed by atoms with Crippen molar-refractivity contribution in [2.24, 2.45) is 0 Å². The summed E-state index contributed by atoms with van der Waals surface area (Å²) in [4.78, 5) is 24.7. The highest BCUT2D eigenvalue weighted by molar-refractivity contribution is 6.44. The zero-order valence-electron chi connectivity index (χ0n) is 21.3. The van der Waals surface area contributed by atoms with Gasteiger partial charge in [-0.3, -0.25) is 5.32 Å². The summed E-state index contributed by atoms with van der Waals surface area (Å²) >= 11 is 12.3. The molecule has 0 aliphatic carbocycles. The number of nitrogens with zero attached hydrogens (tertiary/aromatic N) is 4. The summed E-state index contributed by atoms with van der Waals surface area (Å²) in [6.45, 7) is 12.0. The summed E-state index contributed by atoms with van der Waals surface area (Å²) in [5, 5.41) is 25.6. The lowest BCUT2D eigenvalue weighted by Crippen LogP contribution is -2.21. The molecule has 0 saturated heterocycles. The van der Waals surface area contributed by atoms with E-state index in [0.29, 0.717) is 38.8 Å². The number of rotatable bonds is 3. The molecule has 4 aromatic rings. The Bertz CT molecular complexity index is 1530. The Morgan fingerprint density at radius 3 is 2.24 bits per heavy atom. The number of carboxylic acid groups (broad SMARTS) is 1. The second kappa shape index (κ2) is 9.39. The van der Waals surface area contributed by atoms with Gasteiger partial charge >= 0.3 is 12.1 Å². The van der Waals surface area contributed by atoms with Crippen LogP contribution in [0.4, 0.5) is 21.1 Å². The SMILES string of the molecule is CC(C)(C)c1cc(NC(=O)Nc2cccc(Cl)c2Cl)n(-c2ccc3c(c2)c(C(C)(C)C)nn3C(=O)O)n1. The number of halogens is 2. The van der Waals surface area contributed by atoms with Crippen LogP contribution in [0.15, 0.2) is 42.5 Å². The molecule has 0 aliphatic rings. The molecule has 37 heavy (non-hydrogen) atoms. The van der Waals surface area contributed by atoms with E-state index in [1.54, 1.807) is 41.1 Å². The summed E-state index contributed by atoms with van der Waals surface area (Å²) in [6.07, 6.45) is -1.17. The molecule has 2 aromatic carbocycles. The van der Waals surface area contributed by atoms with E-state index in [0.717, 1.165) is 10.4 Å². The maximum absolute atomic E-state index is 12.9. The van der Waals surface area contributed by atoms with E-state index >= 15 is 0 Å². The van der Waals surface area contributed by atoms with E-state index < -0.39 is 17.5 Å². The second-order valence-electron chi connectivity index (χ2n) is 10.8. The van der Waals surface area contributed by atoms with Gasteiger partial charge in [-0.15, -0.1) is 0 Å². The first kappa shape index (κ1) is 26.5. The molecule has 0 fully saturated rings. The zero-order valence-corrected chi connectivity index (χ0v) is 22.9. The third-order valence-electron chi connectivity index (χ3n) is 5.72. The molecule has 2 heterocycles. The zero-order chi connectivity index (χ0) is 27.3. The third kappa shape index (κ3) is 5.28. The molecule has 0 atom stereocenters. The van der Waals surface area contributed by atoms with Gasteiger partial charge in [0.25, 0.3) is 0 Å². The molecular weight excluding hydrogens is 515 g/mol. The summed E-state index contributed by atoms with van der Waals surface area (Å²) < 4.78 is 2.59. The van der Waals surface area contributed by atoms with E-state index in [-0.39, 0.29) is 10.4 Å². The number of anilines is 2. The maximum Gasteiger partial charge on any atom is 0.432 e. The van der Waals surface area contributed by atoms with Gasteiger partial charge < -0.3 is 10.4 Å². The monoisotopic (exact) mass is 542 g/mol. The molecule has 3 N–H and O–H groups in total. The number of hydrogen-bond donors (Lipinski definition) is 3. The number of nitrogens with one attached hydrogen (secondary N) is 2. The molecule has 0 bridgehead atoms. The van der Waals surface area contributed by atoms with Crippen LogP contribution >= 0.6 is 23.2 Å². The van der Waals surface area contributed by atoms with Crippen molar-refractivity contribution in [3.05, 3.63) is 63.9 Å². The fraction of sp³-hybridized carbons (Fsp3) is 0.308. The molecule has 0 saturated carbocycles. The van der Waals surface area contributed by atoms with Crippen molar-refractivity contribution < 1.29 is 14.7 Å². The summed E-state index contributed by atoms with van der Waals surface area (Å²) in [5.74, 6) is 0.419. The Balaban J connectivity index is 1.80. The first-order valence-electron chi connectivity index (χ1n) is 11.6. The van der Waals surface area contributed by atoms with E-state index in [4.69, 9.17) is 28.3 Å². The normalized spacial score (nSPS) is 12.1. The van der Waals surface area contributed by atoms with Crippen molar-refractivity contribution in [3.63, 3.8) is 0 Å². The molecule has 9 nitrogen and oxygen atoms in total. The predicted octanol–water partition coefficient (Wildman–Crippen LogP) is 7.29. The van der Waals surface area contributed by atoms with Crippen molar-refractivity contribution in [1.29, 1.82) is 0 Å².